The second kappa shape index (κ2) is 7.59. The molecule has 8 unspecified atom stereocenters. The van der Waals surface area contributed by atoms with Gasteiger partial charge in [0.25, 0.3) is 0 Å². The highest BCUT2D eigenvalue weighted by Gasteiger charge is 2.68. The summed E-state index contributed by atoms with van der Waals surface area (Å²) in [5.41, 5.74) is 2.18. The molecule has 34 heavy (non-hydrogen) atoms. The van der Waals surface area contributed by atoms with Crippen molar-refractivity contribution in [2.45, 2.75) is 112 Å². The van der Waals surface area contributed by atoms with Crippen molar-refractivity contribution in [1.29, 1.82) is 0 Å². The molecular formula is C30H47BrO3. The monoisotopic (exact) mass is 534 g/mol. The van der Waals surface area contributed by atoms with Crippen molar-refractivity contribution in [3.8, 4) is 0 Å². The Morgan fingerprint density at radius 1 is 0.912 bits per heavy atom. The fourth-order valence-electron chi connectivity index (χ4n) is 10.9. The van der Waals surface area contributed by atoms with Crippen LogP contribution in [0.15, 0.2) is 10.1 Å². The van der Waals surface area contributed by atoms with Crippen LogP contribution in [0.3, 0.4) is 0 Å². The highest BCUT2D eigenvalue weighted by atomic mass is 79.9. The third kappa shape index (κ3) is 3.18. The number of allylic oxidation sites excluding steroid dienone is 2. The van der Waals surface area contributed by atoms with Crippen LogP contribution < -0.4 is 0 Å². The van der Waals surface area contributed by atoms with Gasteiger partial charge in [0.2, 0.25) is 0 Å². The van der Waals surface area contributed by atoms with Crippen LogP contribution in [0.25, 0.3) is 0 Å². The number of carbonyl (C=O) groups is 1. The Labute approximate surface area is 215 Å². The molecular weight excluding hydrogens is 488 g/mol. The first-order valence-electron chi connectivity index (χ1n) is 13.9. The zero-order chi connectivity index (χ0) is 25.1. The Hall–Kier alpha value is -0.350. The topological polar surface area (TPSA) is 57.5 Å². The van der Waals surface area contributed by atoms with Crippen LogP contribution in [0, 0.1) is 56.7 Å². The molecule has 3 nitrogen and oxygen atoms in total. The zero-order valence-corrected chi connectivity index (χ0v) is 24.1. The fourth-order valence-corrected chi connectivity index (χ4v) is 11.9. The second-order valence-corrected chi connectivity index (χ2v) is 16.1. The Morgan fingerprint density at radius 2 is 1.59 bits per heavy atom. The van der Waals surface area contributed by atoms with Crippen LogP contribution in [0.4, 0.5) is 0 Å². The SMILES string of the molecule is CC1(C)CC2C3=C(Br)CC4C5(C)CCC(O)C(C)(C)C5CCC4(C)C3(C)CCC2[C@H](C(=O)O)C1. The first-order valence-corrected chi connectivity index (χ1v) is 14.7. The number of carboxylic acid groups (broad SMARTS) is 1. The van der Waals surface area contributed by atoms with Crippen LogP contribution in [0.2, 0.25) is 0 Å². The van der Waals surface area contributed by atoms with Gasteiger partial charge in [-0.15, -0.1) is 0 Å². The third-order valence-electron chi connectivity index (χ3n) is 12.8. The standard InChI is InChI=1S/C30H47BrO3/c1-26(2)15-18-17(19(16-26)25(33)34)8-12-30(7)24(18)20(31)14-22-28(5)11-10-23(32)27(3,4)21(28)9-13-29(22,30)6/h17-19,21-23,32H,8-16H2,1-7H3,(H,33,34)/t17?,18?,19-,21?,22?,23?,28?,29?,30?/m1/s1. The predicted molar refractivity (Wildman–Crippen MR) is 140 cm³/mol. The van der Waals surface area contributed by atoms with E-state index >= 15 is 0 Å². The van der Waals surface area contributed by atoms with E-state index in [2.05, 4.69) is 64.4 Å². The fraction of sp³-hybridized carbons (Fsp3) is 0.900. The van der Waals surface area contributed by atoms with E-state index in [9.17, 15) is 15.0 Å². The van der Waals surface area contributed by atoms with E-state index in [1.807, 2.05) is 0 Å². The summed E-state index contributed by atoms with van der Waals surface area (Å²) in [6, 6.07) is 0. The first kappa shape index (κ1) is 25.3. The molecule has 5 rings (SSSR count). The molecule has 192 valence electrons. The molecule has 0 aromatic rings. The molecule has 0 radical (unpaired) electrons. The van der Waals surface area contributed by atoms with Gasteiger partial charge in [0.05, 0.1) is 12.0 Å². The number of aliphatic carboxylic acids is 1. The van der Waals surface area contributed by atoms with Crippen LogP contribution in [-0.4, -0.2) is 22.3 Å². The highest BCUT2D eigenvalue weighted by molar-refractivity contribution is 9.11. The Bertz CT molecular complexity index is 920. The van der Waals surface area contributed by atoms with Gasteiger partial charge in [0, 0.05) is 0 Å². The van der Waals surface area contributed by atoms with Gasteiger partial charge in [-0.1, -0.05) is 70.0 Å². The number of hydrogen-bond donors (Lipinski definition) is 2. The van der Waals surface area contributed by atoms with Gasteiger partial charge in [0.1, 0.15) is 0 Å². The lowest BCUT2D eigenvalue weighted by molar-refractivity contribution is -0.201. The number of halogens is 1. The van der Waals surface area contributed by atoms with Crippen molar-refractivity contribution >= 4 is 21.9 Å². The minimum atomic E-state index is -0.584. The third-order valence-corrected chi connectivity index (χ3v) is 13.6. The van der Waals surface area contributed by atoms with Crippen molar-refractivity contribution < 1.29 is 15.0 Å². The van der Waals surface area contributed by atoms with E-state index in [1.54, 1.807) is 5.57 Å². The lowest BCUT2D eigenvalue weighted by Gasteiger charge is -2.71. The zero-order valence-electron chi connectivity index (χ0n) is 22.5. The second-order valence-electron chi connectivity index (χ2n) is 15.1. The summed E-state index contributed by atoms with van der Waals surface area (Å²) in [5, 5.41) is 21.1. The number of fused-ring (bicyclic) bond motifs is 7. The van der Waals surface area contributed by atoms with Gasteiger partial charge < -0.3 is 10.2 Å². The molecule has 9 atom stereocenters. The van der Waals surface area contributed by atoms with Crippen molar-refractivity contribution in [2.24, 2.45) is 56.7 Å². The van der Waals surface area contributed by atoms with Crippen molar-refractivity contribution in [3.05, 3.63) is 10.1 Å². The lowest BCUT2D eigenvalue weighted by Crippen LogP contribution is -2.64. The van der Waals surface area contributed by atoms with Crippen molar-refractivity contribution in [3.63, 3.8) is 0 Å². The minimum absolute atomic E-state index is 0.0362. The first-order chi connectivity index (χ1) is 15.6. The molecule has 0 saturated heterocycles. The summed E-state index contributed by atoms with van der Waals surface area (Å²) < 4.78 is 1.40. The molecule has 4 saturated carbocycles. The summed E-state index contributed by atoms with van der Waals surface area (Å²) in [6.07, 6.45) is 9.42. The molecule has 0 aromatic heterocycles. The van der Waals surface area contributed by atoms with Gasteiger partial charge in [-0.2, -0.15) is 0 Å². The predicted octanol–water partition coefficient (Wildman–Crippen LogP) is 7.81. The average molecular weight is 536 g/mol. The van der Waals surface area contributed by atoms with Crippen molar-refractivity contribution in [1.82, 2.24) is 0 Å². The number of rotatable bonds is 1. The largest absolute Gasteiger partial charge is 0.481 e. The summed E-state index contributed by atoms with van der Waals surface area (Å²) in [4.78, 5) is 12.3. The molecule has 0 heterocycles. The molecule has 5 aliphatic rings. The van der Waals surface area contributed by atoms with Gasteiger partial charge in [-0.3, -0.25) is 4.79 Å². The summed E-state index contributed by atoms with van der Waals surface area (Å²) in [5.74, 6) is 0.998. The minimum Gasteiger partial charge on any atom is -0.481 e. The smallest absolute Gasteiger partial charge is 0.306 e. The molecule has 0 spiro atoms. The van der Waals surface area contributed by atoms with Gasteiger partial charge in [0.15, 0.2) is 0 Å². The Balaban J connectivity index is 1.61. The molecule has 5 aliphatic carbocycles. The van der Waals surface area contributed by atoms with E-state index in [-0.39, 0.29) is 45.0 Å². The van der Waals surface area contributed by atoms with E-state index in [4.69, 9.17) is 0 Å². The van der Waals surface area contributed by atoms with Gasteiger partial charge in [-0.05, 0) is 113 Å². The molecule has 2 N–H and O–H groups in total. The van der Waals surface area contributed by atoms with Crippen LogP contribution in [0.1, 0.15) is 106 Å². The molecule has 4 fully saturated rings. The average Bonchev–Trinajstić information content (AvgIpc) is 2.71. The number of aliphatic hydroxyl groups excluding tert-OH is 1. The summed E-state index contributed by atoms with van der Waals surface area (Å²) in [6.45, 7) is 16.9. The van der Waals surface area contributed by atoms with Crippen LogP contribution in [-0.2, 0) is 4.79 Å². The quantitative estimate of drug-likeness (QED) is 0.360. The van der Waals surface area contributed by atoms with Crippen molar-refractivity contribution in [2.75, 3.05) is 0 Å². The number of carboxylic acids is 1. The van der Waals surface area contributed by atoms with Crippen LogP contribution >= 0.6 is 15.9 Å². The maximum atomic E-state index is 12.3. The van der Waals surface area contributed by atoms with Gasteiger partial charge in [-0.25, -0.2) is 0 Å². The Morgan fingerprint density at radius 3 is 2.24 bits per heavy atom. The van der Waals surface area contributed by atoms with E-state index in [1.165, 1.54) is 17.3 Å². The molecule has 4 heteroatoms. The molecule has 0 aliphatic heterocycles. The highest BCUT2D eigenvalue weighted by Crippen LogP contribution is 2.76. The Kier molecular flexibility index (Phi) is 5.65. The maximum Gasteiger partial charge on any atom is 0.306 e. The van der Waals surface area contributed by atoms with Crippen LogP contribution in [0.5, 0.6) is 0 Å². The lowest BCUT2D eigenvalue weighted by atomic mass is 9.34. The van der Waals surface area contributed by atoms with E-state index < -0.39 is 5.97 Å². The van der Waals surface area contributed by atoms with Gasteiger partial charge >= 0.3 is 5.97 Å². The molecule has 0 bridgehead atoms. The molecule has 0 amide bonds. The summed E-state index contributed by atoms with van der Waals surface area (Å²) in [7, 11) is 0. The molecule has 0 aromatic carbocycles. The van der Waals surface area contributed by atoms with E-state index in [0.717, 1.165) is 44.9 Å². The number of aliphatic hydroxyl groups is 1. The maximum absolute atomic E-state index is 12.3. The number of hydrogen-bond acceptors (Lipinski definition) is 2. The normalized spacial score (nSPS) is 51.6. The van der Waals surface area contributed by atoms with E-state index in [0.29, 0.717) is 17.8 Å². The summed E-state index contributed by atoms with van der Waals surface area (Å²) >= 11 is 4.17.